The second-order valence-electron chi connectivity index (χ2n) is 5.46. The van der Waals surface area contributed by atoms with Gasteiger partial charge in [-0.1, -0.05) is 19.4 Å². The largest absolute Gasteiger partial charge is 0.280 e. The van der Waals surface area contributed by atoms with Crippen molar-refractivity contribution >= 4 is 25.7 Å². The Morgan fingerprint density at radius 1 is 0.885 bits per heavy atom. The summed E-state index contributed by atoms with van der Waals surface area (Å²) in [5.74, 6) is -2.47. The van der Waals surface area contributed by atoms with Crippen molar-refractivity contribution in [2.24, 2.45) is 0 Å². The highest BCUT2D eigenvalue weighted by Crippen LogP contribution is 2.20. The Labute approximate surface area is 151 Å². The molecule has 0 saturated heterocycles. The number of unbranched alkanes of at least 4 members (excludes halogenated alkanes) is 1. The van der Waals surface area contributed by atoms with Crippen LogP contribution in [0.4, 0.5) is 14.5 Å². The lowest BCUT2D eigenvalue weighted by molar-refractivity contribution is 0.504. The van der Waals surface area contributed by atoms with Gasteiger partial charge in [-0.2, -0.15) is 0 Å². The molecule has 0 bridgehead atoms. The second kappa shape index (κ2) is 8.11. The lowest BCUT2D eigenvalue weighted by Crippen LogP contribution is -2.24. The summed E-state index contributed by atoms with van der Waals surface area (Å²) < 4.78 is 79.7. The summed E-state index contributed by atoms with van der Waals surface area (Å²) in [6.45, 7) is 2.19. The highest BCUT2D eigenvalue weighted by atomic mass is 32.2. The Morgan fingerprint density at radius 3 is 2.23 bits per heavy atom. The molecule has 2 rings (SSSR count). The number of rotatable bonds is 8. The van der Waals surface area contributed by atoms with Crippen LogP contribution in [0.3, 0.4) is 0 Å². The summed E-state index contributed by atoms with van der Waals surface area (Å²) in [5, 5.41) is 0. The minimum Gasteiger partial charge on any atom is -0.280 e. The molecule has 6 nitrogen and oxygen atoms in total. The number of anilines is 1. The van der Waals surface area contributed by atoms with Crippen LogP contribution in [0.5, 0.6) is 0 Å². The fraction of sp³-hybridized carbons (Fsp3) is 0.250. The van der Waals surface area contributed by atoms with Gasteiger partial charge in [0.05, 0.1) is 15.5 Å². The van der Waals surface area contributed by atoms with E-state index in [-0.39, 0.29) is 17.1 Å². The summed E-state index contributed by atoms with van der Waals surface area (Å²) in [6.07, 6.45) is 1.48. The number of hydrogen-bond donors (Lipinski definition) is 2. The van der Waals surface area contributed by atoms with Crippen LogP contribution in [0.25, 0.3) is 0 Å². The molecule has 0 atom stereocenters. The van der Waals surface area contributed by atoms with Crippen LogP contribution in [0.15, 0.2) is 52.3 Å². The molecule has 0 heterocycles. The van der Waals surface area contributed by atoms with Crippen LogP contribution in [-0.2, 0) is 20.0 Å². The van der Waals surface area contributed by atoms with Crippen molar-refractivity contribution in [2.45, 2.75) is 29.6 Å². The third-order valence-corrected chi connectivity index (χ3v) is 6.26. The third kappa shape index (κ3) is 4.99. The van der Waals surface area contributed by atoms with Gasteiger partial charge in [-0.15, -0.1) is 0 Å². The minimum absolute atomic E-state index is 0.0203. The Balaban J connectivity index is 2.26. The molecule has 0 aliphatic heterocycles. The third-order valence-electron chi connectivity index (χ3n) is 3.42. The zero-order valence-electron chi connectivity index (χ0n) is 13.9. The molecule has 0 spiro atoms. The minimum atomic E-state index is -4.21. The van der Waals surface area contributed by atoms with Gasteiger partial charge in [0.15, 0.2) is 11.6 Å². The number of sulfonamides is 2. The molecule has 0 amide bonds. The Hall–Kier alpha value is -2.04. The van der Waals surface area contributed by atoms with Gasteiger partial charge in [0.25, 0.3) is 10.0 Å². The zero-order valence-corrected chi connectivity index (χ0v) is 15.5. The molecule has 0 saturated carbocycles. The van der Waals surface area contributed by atoms with Crippen molar-refractivity contribution in [3.05, 3.63) is 54.1 Å². The highest BCUT2D eigenvalue weighted by molar-refractivity contribution is 7.92. The Bertz CT molecular complexity index is 993. The lowest BCUT2D eigenvalue weighted by Gasteiger charge is -2.11. The van der Waals surface area contributed by atoms with Crippen molar-refractivity contribution in [2.75, 3.05) is 11.3 Å². The molecule has 2 aromatic rings. The second-order valence-corrected chi connectivity index (χ2v) is 8.91. The van der Waals surface area contributed by atoms with E-state index in [1.807, 2.05) is 6.92 Å². The monoisotopic (exact) mass is 404 g/mol. The normalized spacial score (nSPS) is 12.1. The van der Waals surface area contributed by atoms with Crippen LogP contribution in [-0.4, -0.2) is 23.4 Å². The molecule has 26 heavy (non-hydrogen) atoms. The fourth-order valence-electron chi connectivity index (χ4n) is 2.05. The zero-order chi connectivity index (χ0) is 19.4. The first-order chi connectivity index (χ1) is 12.2. The predicted octanol–water partition coefficient (Wildman–Crippen LogP) is 2.84. The maximum atomic E-state index is 13.3. The smallest absolute Gasteiger partial charge is 0.261 e. The van der Waals surface area contributed by atoms with E-state index in [1.54, 1.807) is 0 Å². The highest BCUT2D eigenvalue weighted by Gasteiger charge is 2.19. The predicted molar refractivity (Wildman–Crippen MR) is 93.7 cm³/mol. The summed E-state index contributed by atoms with van der Waals surface area (Å²) in [4.78, 5) is -0.593. The van der Waals surface area contributed by atoms with Gasteiger partial charge in [-0.3, -0.25) is 4.72 Å². The van der Waals surface area contributed by atoms with E-state index in [4.69, 9.17) is 0 Å². The maximum absolute atomic E-state index is 13.3. The molecule has 2 N–H and O–H groups in total. The molecular formula is C16H18F2N2O4S2. The van der Waals surface area contributed by atoms with Gasteiger partial charge in [-0.05, 0) is 42.8 Å². The summed E-state index contributed by atoms with van der Waals surface area (Å²) in [6, 6.07) is 7.34. The van der Waals surface area contributed by atoms with Crippen LogP contribution in [0.2, 0.25) is 0 Å². The van der Waals surface area contributed by atoms with Crippen molar-refractivity contribution in [3.8, 4) is 0 Å². The first kappa shape index (κ1) is 20.3. The number of benzene rings is 2. The summed E-state index contributed by atoms with van der Waals surface area (Å²) in [5.41, 5.74) is -0.0203. The quantitative estimate of drug-likeness (QED) is 0.662. The van der Waals surface area contributed by atoms with Gasteiger partial charge in [0, 0.05) is 6.54 Å². The molecule has 2 aromatic carbocycles. The van der Waals surface area contributed by atoms with Crippen molar-refractivity contribution in [1.82, 2.24) is 4.72 Å². The average Bonchev–Trinajstić information content (AvgIpc) is 2.57. The molecule has 142 valence electrons. The van der Waals surface area contributed by atoms with Crippen LogP contribution in [0, 0.1) is 11.6 Å². The van der Waals surface area contributed by atoms with E-state index in [0.29, 0.717) is 18.6 Å². The topological polar surface area (TPSA) is 92.3 Å². The van der Waals surface area contributed by atoms with Crippen LogP contribution < -0.4 is 9.44 Å². The maximum Gasteiger partial charge on any atom is 0.261 e. The Kier molecular flexibility index (Phi) is 6.32. The van der Waals surface area contributed by atoms with Crippen LogP contribution in [0.1, 0.15) is 19.8 Å². The molecule has 0 fully saturated rings. The fourth-order valence-corrected chi connectivity index (χ4v) is 4.23. The van der Waals surface area contributed by atoms with Gasteiger partial charge in [-0.25, -0.2) is 30.3 Å². The first-order valence-electron chi connectivity index (χ1n) is 7.73. The molecule has 10 heteroatoms. The van der Waals surface area contributed by atoms with Gasteiger partial charge in [0.1, 0.15) is 0 Å². The van der Waals surface area contributed by atoms with E-state index >= 15 is 0 Å². The van der Waals surface area contributed by atoms with Gasteiger partial charge < -0.3 is 0 Å². The standard InChI is InChI=1S/C16H18F2N2O4S2/c1-2-3-9-19-25(21,22)13-6-4-5-12(10-13)20-26(23,24)14-7-8-15(17)16(18)11-14/h4-8,10-11,19-20H,2-3,9H2,1H3. The van der Waals surface area contributed by atoms with Crippen molar-refractivity contribution in [1.29, 1.82) is 0 Å². The summed E-state index contributed by atoms with van der Waals surface area (Å²) >= 11 is 0. The SMILES string of the molecule is CCCCNS(=O)(=O)c1cccc(NS(=O)(=O)c2ccc(F)c(F)c2)c1. The molecule has 0 aliphatic carbocycles. The van der Waals surface area contributed by atoms with Crippen LogP contribution >= 0.6 is 0 Å². The molecule has 0 aliphatic rings. The van der Waals surface area contributed by atoms with E-state index < -0.39 is 36.6 Å². The lowest BCUT2D eigenvalue weighted by atomic mass is 10.3. The molecule has 0 unspecified atom stereocenters. The van der Waals surface area contributed by atoms with Gasteiger partial charge in [0.2, 0.25) is 10.0 Å². The van der Waals surface area contributed by atoms with E-state index in [9.17, 15) is 25.6 Å². The van der Waals surface area contributed by atoms with Crippen molar-refractivity contribution in [3.63, 3.8) is 0 Å². The van der Waals surface area contributed by atoms with E-state index in [0.717, 1.165) is 18.6 Å². The average molecular weight is 404 g/mol. The van der Waals surface area contributed by atoms with Crippen molar-refractivity contribution < 1.29 is 25.6 Å². The number of halogens is 2. The number of hydrogen-bond acceptors (Lipinski definition) is 4. The summed E-state index contributed by atoms with van der Waals surface area (Å²) in [7, 11) is -7.99. The van der Waals surface area contributed by atoms with E-state index in [1.165, 1.54) is 18.2 Å². The first-order valence-corrected chi connectivity index (χ1v) is 10.7. The molecular weight excluding hydrogens is 386 g/mol. The molecule has 0 radical (unpaired) electrons. The van der Waals surface area contributed by atoms with E-state index in [2.05, 4.69) is 9.44 Å². The van der Waals surface area contributed by atoms with Gasteiger partial charge >= 0.3 is 0 Å². The molecule has 0 aromatic heterocycles. The Morgan fingerprint density at radius 2 is 1.58 bits per heavy atom. The number of nitrogens with one attached hydrogen (secondary N) is 2.